The minimum Gasteiger partial charge on any atom is -0.383 e. The van der Waals surface area contributed by atoms with Gasteiger partial charge in [-0.25, -0.2) is 0 Å². The molecule has 13 heavy (non-hydrogen) atoms. The van der Waals surface area contributed by atoms with Crippen molar-refractivity contribution in [3.05, 3.63) is 0 Å². The first-order chi connectivity index (χ1) is 6.33. The van der Waals surface area contributed by atoms with E-state index in [0.29, 0.717) is 18.9 Å². The maximum Gasteiger partial charge on any atom is 0.147 e. The third-order valence-corrected chi connectivity index (χ3v) is 2.08. The maximum atomic E-state index is 5.38. The zero-order chi connectivity index (χ0) is 9.52. The summed E-state index contributed by atoms with van der Waals surface area (Å²) in [6.45, 7) is 4.97. The Bertz CT molecular complexity index is 126. The van der Waals surface area contributed by atoms with E-state index in [-0.39, 0.29) is 0 Å². The molecule has 2 unspecified atom stereocenters. The summed E-state index contributed by atoms with van der Waals surface area (Å²) in [6.07, 6.45) is 1.28. The first-order valence-corrected chi connectivity index (χ1v) is 4.74. The highest BCUT2D eigenvalue weighted by atomic mass is 16.7. The Balaban J connectivity index is 2.03. The van der Waals surface area contributed by atoms with Crippen molar-refractivity contribution in [2.75, 3.05) is 33.7 Å². The van der Waals surface area contributed by atoms with Crippen LogP contribution in [-0.4, -0.2) is 45.8 Å². The molecule has 0 bridgehead atoms. The second kappa shape index (κ2) is 6.32. The van der Waals surface area contributed by atoms with Gasteiger partial charge in [-0.15, -0.1) is 0 Å². The van der Waals surface area contributed by atoms with Crippen LogP contribution < -0.4 is 5.32 Å². The van der Waals surface area contributed by atoms with Gasteiger partial charge in [0.15, 0.2) is 0 Å². The fourth-order valence-corrected chi connectivity index (χ4v) is 1.30. The lowest BCUT2D eigenvalue weighted by Gasteiger charge is -2.24. The fourth-order valence-electron chi connectivity index (χ4n) is 1.30. The van der Waals surface area contributed by atoms with Gasteiger partial charge < -0.3 is 19.5 Å². The summed E-state index contributed by atoms with van der Waals surface area (Å²) < 4.78 is 15.5. The zero-order valence-electron chi connectivity index (χ0n) is 8.41. The molecule has 1 heterocycles. The minimum atomic E-state index is 0.299. The van der Waals surface area contributed by atoms with Crippen molar-refractivity contribution in [1.29, 1.82) is 0 Å². The molecular formula is C9H19NO3. The molecule has 1 N–H and O–H groups in total. The summed E-state index contributed by atoms with van der Waals surface area (Å²) >= 11 is 0. The average Bonchev–Trinajstić information content (AvgIpc) is 2.17. The molecule has 0 saturated carbocycles. The second-order valence-electron chi connectivity index (χ2n) is 3.37. The molecule has 4 heteroatoms. The normalized spacial score (nSPS) is 25.8. The minimum absolute atomic E-state index is 0.299. The van der Waals surface area contributed by atoms with E-state index in [4.69, 9.17) is 14.2 Å². The van der Waals surface area contributed by atoms with Crippen LogP contribution in [0.4, 0.5) is 0 Å². The quantitative estimate of drug-likeness (QED) is 0.678. The van der Waals surface area contributed by atoms with Gasteiger partial charge >= 0.3 is 0 Å². The van der Waals surface area contributed by atoms with Gasteiger partial charge in [0.05, 0.1) is 19.3 Å². The van der Waals surface area contributed by atoms with E-state index in [1.54, 1.807) is 7.11 Å². The molecule has 2 atom stereocenters. The molecule has 0 aromatic rings. The Kier molecular flexibility index (Phi) is 5.31. The predicted octanol–water partition coefficient (Wildman–Crippen LogP) is 0.374. The summed E-state index contributed by atoms with van der Waals surface area (Å²) in [6, 6.07) is 0.386. The number of rotatable bonds is 5. The number of hydrogen-bond donors (Lipinski definition) is 1. The first kappa shape index (κ1) is 10.9. The van der Waals surface area contributed by atoms with Gasteiger partial charge in [0.25, 0.3) is 0 Å². The Morgan fingerprint density at radius 1 is 1.62 bits per heavy atom. The van der Waals surface area contributed by atoms with E-state index in [0.717, 1.165) is 26.2 Å². The number of nitrogens with one attached hydrogen (secondary N) is 1. The molecule has 0 spiro atoms. The van der Waals surface area contributed by atoms with Crippen molar-refractivity contribution in [2.24, 2.45) is 0 Å². The summed E-state index contributed by atoms with van der Waals surface area (Å²) in [5.74, 6) is 0. The van der Waals surface area contributed by atoms with Crippen LogP contribution >= 0.6 is 0 Å². The van der Waals surface area contributed by atoms with Crippen LogP contribution in [0.25, 0.3) is 0 Å². The lowest BCUT2D eigenvalue weighted by molar-refractivity contribution is -0.137. The van der Waals surface area contributed by atoms with E-state index >= 15 is 0 Å². The summed E-state index contributed by atoms with van der Waals surface area (Å²) in [5, 5.41) is 3.35. The first-order valence-electron chi connectivity index (χ1n) is 4.74. The topological polar surface area (TPSA) is 39.7 Å². The van der Waals surface area contributed by atoms with Crippen LogP contribution in [0, 0.1) is 0 Å². The van der Waals surface area contributed by atoms with E-state index < -0.39 is 0 Å². The number of methoxy groups -OCH3 is 1. The average molecular weight is 189 g/mol. The summed E-state index contributed by atoms with van der Waals surface area (Å²) in [4.78, 5) is 0. The Labute approximate surface area is 79.5 Å². The van der Waals surface area contributed by atoms with Crippen molar-refractivity contribution in [1.82, 2.24) is 5.32 Å². The van der Waals surface area contributed by atoms with Crippen molar-refractivity contribution in [3.8, 4) is 0 Å². The van der Waals surface area contributed by atoms with E-state index in [9.17, 15) is 0 Å². The number of ether oxygens (including phenoxy) is 3. The molecule has 0 radical (unpaired) electrons. The largest absolute Gasteiger partial charge is 0.383 e. The lowest BCUT2D eigenvalue weighted by Crippen LogP contribution is -2.39. The molecule has 78 valence electrons. The Morgan fingerprint density at radius 3 is 3.08 bits per heavy atom. The molecule has 0 aromatic heterocycles. The van der Waals surface area contributed by atoms with E-state index in [2.05, 4.69) is 12.2 Å². The highest BCUT2D eigenvalue weighted by molar-refractivity contribution is 4.67. The second-order valence-corrected chi connectivity index (χ2v) is 3.37. The van der Waals surface area contributed by atoms with Crippen LogP contribution in [0.1, 0.15) is 13.3 Å². The van der Waals surface area contributed by atoms with Gasteiger partial charge in [-0.3, -0.25) is 0 Å². The van der Waals surface area contributed by atoms with Gasteiger partial charge in [-0.2, -0.15) is 0 Å². The molecule has 1 rings (SSSR count). The molecule has 1 aliphatic rings. The van der Waals surface area contributed by atoms with Crippen molar-refractivity contribution < 1.29 is 14.2 Å². The third-order valence-electron chi connectivity index (χ3n) is 2.08. The van der Waals surface area contributed by atoms with Crippen molar-refractivity contribution in [2.45, 2.75) is 25.5 Å². The van der Waals surface area contributed by atoms with Gasteiger partial charge in [0, 0.05) is 19.7 Å². The molecular weight excluding hydrogens is 170 g/mol. The van der Waals surface area contributed by atoms with Gasteiger partial charge in [0.2, 0.25) is 0 Å². The highest BCUT2D eigenvalue weighted by Crippen LogP contribution is 2.04. The highest BCUT2D eigenvalue weighted by Gasteiger charge is 2.14. The SMILES string of the molecule is COCC(C)NCC1CCOCO1. The van der Waals surface area contributed by atoms with Crippen molar-refractivity contribution >= 4 is 0 Å². The molecule has 0 amide bonds. The summed E-state index contributed by atoms with van der Waals surface area (Å²) in [5.41, 5.74) is 0. The molecule has 1 saturated heterocycles. The van der Waals surface area contributed by atoms with Crippen LogP contribution in [0.3, 0.4) is 0 Å². The molecule has 1 fully saturated rings. The van der Waals surface area contributed by atoms with Crippen molar-refractivity contribution in [3.63, 3.8) is 0 Å². The van der Waals surface area contributed by atoms with E-state index in [1.807, 2.05) is 0 Å². The number of hydrogen-bond acceptors (Lipinski definition) is 4. The van der Waals surface area contributed by atoms with Gasteiger partial charge in [0.1, 0.15) is 6.79 Å². The monoisotopic (exact) mass is 189 g/mol. The van der Waals surface area contributed by atoms with Crippen LogP contribution in [0.2, 0.25) is 0 Å². The lowest BCUT2D eigenvalue weighted by atomic mass is 10.2. The van der Waals surface area contributed by atoms with Crippen LogP contribution in [0.5, 0.6) is 0 Å². The zero-order valence-corrected chi connectivity index (χ0v) is 8.41. The predicted molar refractivity (Wildman–Crippen MR) is 49.6 cm³/mol. The van der Waals surface area contributed by atoms with Gasteiger partial charge in [-0.05, 0) is 13.3 Å². The van der Waals surface area contributed by atoms with Crippen LogP contribution in [-0.2, 0) is 14.2 Å². The smallest absolute Gasteiger partial charge is 0.147 e. The Hall–Kier alpha value is -0.160. The van der Waals surface area contributed by atoms with Crippen LogP contribution in [0.15, 0.2) is 0 Å². The van der Waals surface area contributed by atoms with Gasteiger partial charge in [-0.1, -0.05) is 0 Å². The maximum absolute atomic E-state index is 5.38. The third kappa shape index (κ3) is 4.57. The standard InChI is InChI=1S/C9H19NO3/c1-8(6-11-2)10-5-9-3-4-12-7-13-9/h8-10H,3-7H2,1-2H3. The fraction of sp³-hybridized carbons (Fsp3) is 1.00. The molecule has 0 aromatic carbocycles. The van der Waals surface area contributed by atoms with E-state index in [1.165, 1.54) is 0 Å². The summed E-state index contributed by atoms with van der Waals surface area (Å²) in [7, 11) is 1.71. The molecule has 0 aliphatic carbocycles. The molecule has 4 nitrogen and oxygen atoms in total. The molecule has 1 aliphatic heterocycles. The Morgan fingerprint density at radius 2 is 2.46 bits per heavy atom.